The lowest BCUT2D eigenvalue weighted by atomic mass is 9.76. The number of allylic oxidation sites excluding steroid dienone is 4. The smallest absolute Gasteiger partial charge is 0.0988 e. The zero-order valence-electron chi connectivity index (χ0n) is 7.96. The number of nitrogens with zero attached hydrogens (tertiary/aromatic N) is 1. The molecule has 1 rings (SSSR count). The molecule has 12 heavy (non-hydrogen) atoms. The summed E-state index contributed by atoms with van der Waals surface area (Å²) < 4.78 is 0. The average molecular weight is 161 g/mol. The van der Waals surface area contributed by atoms with Crippen molar-refractivity contribution in [2.24, 2.45) is 11.3 Å². The van der Waals surface area contributed by atoms with E-state index < -0.39 is 0 Å². The maximum atomic E-state index is 8.70. The van der Waals surface area contributed by atoms with E-state index >= 15 is 0 Å². The largest absolute Gasteiger partial charge is 0.192 e. The van der Waals surface area contributed by atoms with E-state index in [1.54, 1.807) is 0 Å². The number of hydrogen-bond donors (Lipinski definition) is 0. The summed E-state index contributed by atoms with van der Waals surface area (Å²) in [5.74, 6) is 0.511. The molecule has 0 fully saturated rings. The highest BCUT2D eigenvalue weighted by Gasteiger charge is 2.23. The van der Waals surface area contributed by atoms with Gasteiger partial charge in [0.05, 0.1) is 6.07 Å². The predicted molar refractivity (Wildman–Crippen MR) is 50.4 cm³/mol. The molecule has 0 aromatic heterocycles. The molecular formula is C11H15N. The minimum Gasteiger partial charge on any atom is -0.192 e. The predicted octanol–water partition coefficient (Wildman–Crippen LogP) is 3.06. The third-order valence-electron chi connectivity index (χ3n) is 2.31. The highest BCUT2D eigenvalue weighted by Crippen LogP contribution is 2.33. The molecule has 1 nitrogen and oxygen atoms in total. The van der Waals surface area contributed by atoms with Crippen molar-refractivity contribution in [2.75, 3.05) is 0 Å². The molecule has 0 radical (unpaired) electrons. The zero-order valence-corrected chi connectivity index (χ0v) is 7.96. The van der Waals surface area contributed by atoms with Crippen LogP contribution in [0.3, 0.4) is 0 Å². The van der Waals surface area contributed by atoms with Gasteiger partial charge in [0.15, 0.2) is 0 Å². The van der Waals surface area contributed by atoms with Gasteiger partial charge in [0.1, 0.15) is 0 Å². The van der Waals surface area contributed by atoms with Crippen LogP contribution in [0.25, 0.3) is 0 Å². The van der Waals surface area contributed by atoms with Crippen molar-refractivity contribution in [3.8, 4) is 6.07 Å². The van der Waals surface area contributed by atoms with Gasteiger partial charge in [-0.1, -0.05) is 32.9 Å². The Hall–Kier alpha value is -1.03. The van der Waals surface area contributed by atoms with E-state index in [0.717, 1.165) is 12.0 Å². The van der Waals surface area contributed by atoms with Crippen LogP contribution in [-0.2, 0) is 0 Å². The Morgan fingerprint density at radius 3 is 2.67 bits per heavy atom. The first-order valence-corrected chi connectivity index (χ1v) is 4.32. The third kappa shape index (κ3) is 1.98. The maximum Gasteiger partial charge on any atom is 0.0988 e. The topological polar surface area (TPSA) is 23.8 Å². The first-order valence-electron chi connectivity index (χ1n) is 4.32. The fourth-order valence-corrected chi connectivity index (χ4v) is 1.36. The number of nitriles is 1. The summed E-state index contributed by atoms with van der Waals surface area (Å²) in [6, 6.07) is 2.18. The van der Waals surface area contributed by atoms with E-state index in [2.05, 4.69) is 39.0 Å². The second kappa shape index (κ2) is 3.15. The normalized spacial score (nSPS) is 23.2. The summed E-state index contributed by atoms with van der Waals surface area (Å²) in [6.45, 7) is 6.63. The highest BCUT2D eigenvalue weighted by molar-refractivity contribution is 5.36. The highest BCUT2D eigenvalue weighted by atomic mass is 14.3. The van der Waals surface area contributed by atoms with Gasteiger partial charge < -0.3 is 0 Å². The van der Waals surface area contributed by atoms with Crippen LogP contribution in [0.5, 0.6) is 0 Å². The van der Waals surface area contributed by atoms with Crippen molar-refractivity contribution < 1.29 is 0 Å². The Balaban J connectivity index is 2.81. The van der Waals surface area contributed by atoms with Crippen LogP contribution in [0.15, 0.2) is 23.8 Å². The van der Waals surface area contributed by atoms with Gasteiger partial charge in [0.25, 0.3) is 0 Å². The van der Waals surface area contributed by atoms with Gasteiger partial charge >= 0.3 is 0 Å². The molecule has 1 aliphatic carbocycles. The van der Waals surface area contributed by atoms with Crippen molar-refractivity contribution in [3.63, 3.8) is 0 Å². The van der Waals surface area contributed by atoms with Gasteiger partial charge in [0.2, 0.25) is 0 Å². The molecule has 0 saturated carbocycles. The summed E-state index contributed by atoms with van der Waals surface area (Å²) in [5, 5.41) is 8.70. The van der Waals surface area contributed by atoms with E-state index in [4.69, 9.17) is 5.26 Å². The molecular weight excluding hydrogens is 146 g/mol. The van der Waals surface area contributed by atoms with Gasteiger partial charge in [0, 0.05) is 5.57 Å². The molecule has 1 heteroatoms. The fourth-order valence-electron chi connectivity index (χ4n) is 1.36. The molecule has 0 amide bonds. The van der Waals surface area contributed by atoms with Crippen LogP contribution in [-0.4, -0.2) is 0 Å². The minimum atomic E-state index is 0.271. The van der Waals surface area contributed by atoms with Crippen LogP contribution in [0.1, 0.15) is 27.2 Å². The quantitative estimate of drug-likeness (QED) is 0.535. The van der Waals surface area contributed by atoms with Crippen molar-refractivity contribution in [1.82, 2.24) is 0 Å². The number of rotatable bonds is 0. The van der Waals surface area contributed by atoms with E-state index in [0.29, 0.717) is 5.92 Å². The van der Waals surface area contributed by atoms with Gasteiger partial charge in [-0.25, -0.2) is 0 Å². The minimum absolute atomic E-state index is 0.271. The van der Waals surface area contributed by atoms with Crippen LogP contribution in [0.4, 0.5) is 0 Å². The van der Waals surface area contributed by atoms with Gasteiger partial charge in [-0.05, 0) is 23.8 Å². The van der Waals surface area contributed by atoms with Crippen LogP contribution < -0.4 is 0 Å². The summed E-state index contributed by atoms with van der Waals surface area (Å²) >= 11 is 0. The van der Waals surface area contributed by atoms with E-state index in [-0.39, 0.29) is 5.41 Å². The molecule has 0 heterocycles. The Morgan fingerprint density at radius 2 is 2.17 bits per heavy atom. The van der Waals surface area contributed by atoms with Crippen LogP contribution >= 0.6 is 0 Å². The average Bonchev–Trinajstić information content (AvgIpc) is 2.03. The second-order valence-electron chi connectivity index (χ2n) is 4.34. The molecule has 1 atom stereocenters. The molecule has 0 N–H and O–H groups in total. The number of hydrogen-bond acceptors (Lipinski definition) is 1. The summed E-state index contributed by atoms with van der Waals surface area (Å²) in [7, 11) is 0. The molecule has 1 unspecified atom stereocenters. The molecule has 0 spiro atoms. The lowest BCUT2D eigenvalue weighted by molar-refractivity contribution is 0.293. The van der Waals surface area contributed by atoms with E-state index in [1.807, 2.05) is 6.08 Å². The molecule has 0 aromatic carbocycles. The SMILES string of the molecule is CC(C)(C)C1C=C(C#N)C=CC1. The zero-order chi connectivity index (χ0) is 9.19. The summed E-state index contributed by atoms with van der Waals surface area (Å²) in [5.41, 5.74) is 1.08. The molecule has 0 aliphatic heterocycles. The lowest BCUT2D eigenvalue weighted by Gasteiger charge is -2.28. The fraction of sp³-hybridized carbons (Fsp3) is 0.545. The van der Waals surface area contributed by atoms with Gasteiger partial charge in [-0.2, -0.15) is 5.26 Å². The molecule has 1 aliphatic rings. The third-order valence-corrected chi connectivity index (χ3v) is 2.31. The van der Waals surface area contributed by atoms with Crippen LogP contribution in [0.2, 0.25) is 0 Å². The Kier molecular flexibility index (Phi) is 2.38. The Bertz CT molecular complexity index is 258. The second-order valence-corrected chi connectivity index (χ2v) is 4.34. The monoisotopic (exact) mass is 161 g/mol. The molecule has 64 valence electrons. The maximum absolute atomic E-state index is 8.70. The van der Waals surface area contributed by atoms with E-state index in [1.165, 1.54) is 0 Å². The standard InChI is InChI=1S/C11H15N/c1-11(2,3)10-6-4-5-9(7-10)8-12/h4-5,7,10H,6H2,1-3H3. The van der Waals surface area contributed by atoms with Crippen molar-refractivity contribution >= 4 is 0 Å². The van der Waals surface area contributed by atoms with Gasteiger partial charge in [-0.3, -0.25) is 0 Å². The molecule has 0 bridgehead atoms. The van der Waals surface area contributed by atoms with Crippen molar-refractivity contribution in [3.05, 3.63) is 23.8 Å². The van der Waals surface area contributed by atoms with Crippen molar-refractivity contribution in [2.45, 2.75) is 27.2 Å². The summed E-state index contributed by atoms with van der Waals surface area (Å²) in [6.07, 6.45) is 7.14. The summed E-state index contributed by atoms with van der Waals surface area (Å²) in [4.78, 5) is 0. The van der Waals surface area contributed by atoms with Crippen molar-refractivity contribution in [1.29, 1.82) is 5.26 Å². The Labute approximate surface area is 74.4 Å². The molecule has 0 aromatic rings. The Morgan fingerprint density at radius 1 is 1.50 bits per heavy atom. The molecule has 0 saturated heterocycles. The lowest BCUT2D eigenvalue weighted by Crippen LogP contribution is -2.19. The first-order chi connectivity index (χ1) is 5.54. The van der Waals surface area contributed by atoms with E-state index in [9.17, 15) is 0 Å². The van der Waals surface area contributed by atoms with Gasteiger partial charge in [-0.15, -0.1) is 0 Å². The first kappa shape index (κ1) is 9.06. The van der Waals surface area contributed by atoms with Crippen LogP contribution in [0, 0.1) is 22.7 Å².